The Kier molecular flexibility index (Phi) is 4.92. The van der Waals surface area contributed by atoms with Gasteiger partial charge in [-0.25, -0.2) is 0 Å². The van der Waals surface area contributed by atoms with Crippen molar-refractivity contribution in [3.63, 3.8) is 0 Å². The number of aliphatic hydroxyl groups excluding tert-OH is 1. The molecule has 0 bridgehead atoms. The Morgan fingerprint density at radius 3 is 2.62 bits per heavy atom. The maximum absolute atomic E-state index is 12.5. The molecule has 3 aromatic rings. The van der Waals surface area contributed by atoms with Crippen LogP contribution in [-0.4, -0.2) is 16.0 Å². The largest absolute Gasteiger partial charge is 0.392 e. The van der Waals surface area contributed by atoms with E-state index < -0.39 is 0 Å². The van der Waals surface area contributed by atoms with Gasteiger partial charge in [-0.3, -0.25) is 9.78 Å². The average molecular weight is 385 g/mol. The molecule has 0 aliphatic heterocycles. The van der Waals surface area contributed by atoms with Gasteiger partial charge in [0.05, 0.1) is 12.1 Å². The number of benzene rings is 2. The Bertz CT molecular complexity index is 892. The number of hydrogen-bond acceptors (Lipinski definition) is 3. The predicted octanol–water partition coefficient (Wildman–Crippen LogP) is 4.30. The molecule has 0 radical (unpaired) electrons. The van der Waals surface area contributed by atoms with Crippen LogP contribution in [0.4, 0.5) is 5.69 Å². The lowest BCUT2D eigenvalue weighted by Crippen LogP contribution is -2.13. The van der Waals surface area contributed by atoms with Crippen LogP contribution in [0.2, 0.25) is 0 Å². The highest BCUT2D eigenvalue weighted by atomic mass is 79.9. The number of aliphatic hydroxyl groups is 1. The average Bonchev–Trinajstić information content (AvgIpc) is 2.61. The molecule has 122 valence electrons. The SMILES string of the molecule is CCc1c(NC(=O)c2ccc(Br)cc2)ccc2cc(CO)cnc12. The summed E-state index contributed by atoms with van der Waals surface area (Å²) in [6.45, 7) is 2.00. The van der Waals surface area contributed by atoms with Gasteiger partial charge in [0.15, 0.2) is 0 Å². The zero-order valence-corrected chi connectivity index (χ0v) is 14.8. The molecule has 1 heterocycles. The quantitative estimate of drug-likeness (QED) is 0.704. The van der Waals surface area contributed by atoms with Crippen LogP contribution in [0.5, 0.6) is 0 Å². The minimum Gasteiger partial charge on any atom is -0.392 e. The number of pyridine rings is 1. The lowest BCUT2D eigenvalue weighted by molar-refractivity contribution is 0.102. The van der Waals surface area contributed by atoms with Crippen molar-refractivity contribution >= 4 is 38.4 Å². The summed E-state index contributed by atoms with van der Waals surface area (Å²) >= 11 is 3.37. The summed E-state index contributed by atoms with van der Waals surface area (Å²) in [7, 11) is 0. The van der Waals surface area contributed by atoms with Crippen LogP contribution in [0, 0.1) is 0 Å². The van der Waals surface area contributed by atoms with E-state index in [-0.39, 0.29) is 12.5 Å². The van der Waals surface area contributed by atoms with Gasteiger partial charge in [0.25, 0.3) is 5.91 Å². The summed E-state index contributed by atoms with van der Waals surface area (Å²) in [5.41, 5.74) is 3.98. The van der Waals surface area contributed by atoms with E-state index in [4.69, 9.17) is 0 Å². The zero-order chi connectivity index (χ0) is 17.1. The first-order valence-corrected chi connectivity index (χ1v) is 8.50. The van der Waals surface area contributed by atoms with E-state index in [1.807, 2.05) is 37.3 Å². The Morgan fingerprint density at radius 2 is 1.96 bits per heavy atom. The van der Waals surface area contributed by atoms with Crippen LogP contribution in [0.25, 0.3) is 10.9 Å². The van der Waals surface area contributed by atoms with Crippen molar-refractivity contribution in [2.24, 2.45) is 0 Å². The first-order valence-electron chi connectivity index (χ1n) is 7.70. The number of nitrogens with zero attached hydrogens (tertiary/aromatic N) is 1. The normalized spacial score (nSPS) is 10.8. The molecule has 24 heavy (non-hydrogen) atoms. The summed E-state index contributed by atoms with van der Waals surface area (Å²) in [5.74, 6) is -0.150. The molecule has 0 saturated carbocycles. The molecule has 0 saturated heterocycles. The summed E-state index contributed by atoms with van der Waals surface area (Å²) in [4.78, 5) is 16.9. The van der Waals surface area contributed by atoms with Crippen LogP contribution < -0.4 is 5.32 Å². The minimum atomic E-state index is -0.150. The molecule has 0 spiro atoms. The van der Waals surface area contributed by atoms with Gasteiger partial charge in [0.2, 0.25) is 0 Å². The monoisotopic (exact) mass is 384 g/mol. The van der Waals surface area contributed by atoms with Crippen LogP contribution in [-0.2, 0) is 13.0 Å². The van der Waals surface area contributed by atoms with Gasteiger partial charge in [0, 0.05) is 32.9 Å². The number of aryl methyl sites for hydroxylation is 1. The minimum absolute atomic E-state index is 0.0353. The third-order valence-electron chi connectivity index (χ3n) is 3.91. The van der Waals surface area contributed by atoms with E-state index in [1.165, 1.54) is 0 Å². The molecule has 0 aliphatic carbocycles. The number of carbonyl (C=O) groups excluding carboxylic acids is 1. The molecule has 0 aliphatic rings. The van der Waals surface area contributed by atoms with E-state index in [0.29, 0.717) is 5.56 Å². The number of anilines is 1. The van der Waals surface area contributed by atoms with Crippen molar-refractivity contribution in [2.75, 3.05) is 5.32 Å². The highest BCUT2D eigenvalue weighted by Crippen LogP contribution is 2.26. The van der Waals surface area contributed by atoms with Crippen molar-refractivity contribution in [1.82, 2.24) is 4.98 Å². The molecule has 1 amide bonds. The molecule has 0 fully saturated rings. The smallest absolute Gasteiger partial charge is 0.255 e. The van der Waals surface area contributed by atoms with E-state index in [9.17, 15) is 9.90 Å². The number of nitrogens with one attached hydrogen (secondary N) is 1. The molecule has 4 nitrogen and oxygen atoms in total. The summed E-state index contributed by atoms with van der Waals surface area (Å²) in [5, 5.41) is 13.2. The Hall–Kier alpha value is -2.24. The van der Waals surface area contributed by atoms with Gasteiger partial charge in [0.1, 0.15) is 0 Å². The van der Waals surface area contributed by atoms with Gasteiger partial charge in [-0.15, -0.1) is 0 Å². The van der Waals surface area contributed by atoms with E-state index >= 15 is 0 Å². The molecule has 5 heteroatoms. The van der Waals surface area contributed by atoms with Crippen LogP contribution in [0.15, 0.2) is 53.1 Å². The van der Waals surface area contributed by atoms with Crippen molar-refractivity contribution in [3.8, 4) is 0 Å². The fraction of sp³-hybridized carbons (Fsp3) is 0.158. The van der Waals surface area contributed by atoms with E-state index in [1.54, 1.807) is 18.3 Å². The van der Waals surface area contributed by atoms with Gasteiger partial charge < -0.3 is 10.4 Å². The molecule has 3 rings (SSSR count). The van der Waals surface area contributed by atoms with E-state index in [2.05, 4.69) is 26.2 Å². The second-order valence-electron chi connectivity index (χ2n) is 5.48. The highest BCUT2D eigenvalue weighted by Gasteiger charge is 2.12. The Balaban J connectivity index is 1.97. The Morgan fingerprint density at radius 1 is 1.21 bits per heavy atom. The zero-order valence-electron chi connectivity index (χ0n) is 13.2. The molecular weight excluding hydrogens is 368 g/mol. The molecule has 0 atom stereocenters. The number of aromatic nitrogens is 1. The van der Waals surface area contributed by atoms with Crippen molar-refractivity contribution < 1.29 is 9.90 Å². The van der Waals surface area contributed by atoms with Crippen molar-refractivity contribution in [3.05, 3.63) is 69.8 Å². The lowest BCUT2D eigenvalue weighted by atomic mass is 10.0. The molecule has 2 aromatic carbocycles. The molecule has 2 N–H and O–H groups in total. The second kappa shape index (κ2) is 7.11. The third-order valence-corrected chi connectivity index (χ3v) is 4.43. The molecular formula is C19H17BrN2O2. The number of carbonyl (C=O) groups is 1. The van der Waals surface area contributed by atoms with Gasteiger partial charge in [-0.05, 0) is 48.4 Å². The molecule has 1 aromatic heterocycles. The fourth-order valence-corrected chi connectivity index (χ4v) is 2.93. The van der Waals surface area contributed by atoms with Gasteiger partial charge in [-0.1, -0.05) is 28.9 Å². The number of fused-ring (bicyclic) bond motifs is 1. The lowest BCUT2D eigenvalue weighted by Gasteiger charge is -2.13. The van der Waals surface area contributed by atoms with Gasteiger partial charge >= 0.3 is 0 Å². The first-order chi connectivity index (χ1) is 11.6. The maximum atomic E-state index is 12.5. The predicted molar refractivity (Wildman–Crippen MR) is 99.1 cm³/mol. The topological polar surface area (TPSA) is 62.2 Å². The number of halogens is 1. The third kappa shape index (κ3) is 3.32. The summed E-state index contributed by atoms with van der Waals surface area (Å²) in [6, 6.07) is 13.0. The number of hydrogen-bond donors (Lipinski definition) is 2. The molecule has 0 unspecified atom stereocenters. The summed E-state index contributed by atoms with van der Waals surface area (Å²) < 4.78 is 0.933. The van der Waals surface area contributed by atoms with Crippen molar-refractivity contribution in [2.45, 2.75) is 20.0 Å². The fourth-order valence-electron chi connectivity index (χ4n) is 2.67. The Labute approximate surface area is 148 Å². The standard InChI is InChI=1S/C19H17BrN2O2/c1-2-16-17(22-19(24)13-3-6-15(20)7-4-13)8-5-14-9-12(11-23)10-21-18(14)16/h3-10,23H,2,11H2,1H3,(H,22,24). The van der Waals surface area contributed by atoms with Gasteiger partial charge in [-0.2, -0.15) is 0 Å². The maximum Gasteiger partial charge on any atom is 0.255 e. The van der Waals surface area contributed by atoms with Crippen LogP contribution in [0.1, 0.15) is 28.4 Å². The number of rotatable bonds is 4. The summed E-state index contributed by atoms with van der Waals surface area (Å²) in [6.07, 6.45) is 2.42. The highest BCUT2D eigenvalue weighted by molar-refractivity contribution is 9.10. The first kappa shape index (κ1) is 16.6. The number of amides is 1. The van der Waals surface area contributed by atoms with Crippen LogP contribution >= 0.6 is 15.9 Å². The second-order valence-corrected chi connectivity index (χ2v) is 6.40. The van der Waals surface area contributed by atoms with E-state index in [0.717, 1.165) is 38.6 Å². The van der Waals surface area contributed by atoms with Crippen molar-refractivity contribution in [1.29, 1.82) is 0 Å². The van der Waals surface area contributed by atoms with Crippen LogP contribution in [0.3, 0.4) is 0 Å².